The quantitative estimate of drug-likeness (QED) is 0.861. The third-order valence-corrected chi connectivity index (χ3v) is 3.16. The molecule has 1 N–H and O–H groups in total. The monoisotopic (exact) mass is 232 g/mol. The smallest absolute Gasteiger partial charge is 0.136 e. The largest absolute Gasteiger partial charge is 0.458 e. The molecular weight excluding hydrogens is 212 g/mol. The molecule has 0 aliphatic carbocycles. The Kier molecular flexibility index (Phi) is 3.25. The third kappa shape index (κ3) is 2.70. The molecule has 2 rings (SSSR count). The summed E-state index contributed by atoms with van der Waals surface area (Å²) in [6, 6.07) is 9.79. The van der Waals surface area contributed by atoms with Crippen molar-refractivity contribution in [3.8, 4) is 0 Å². The first kappa shape index (κ1) is 12.2. The molecule has 0 saturated heterocycles. The van der Waals surface area contributed by atoms with Crippen LogP contribution in [0.15, 0.2) is 34.7 Å². The summed E-state index contributed by atoms with van der Waals surface area (Å²) in [5, 5.41) is 11.5. The van der Waals surface area contributed by atoms with Gasteiger partial charge in [-0.25, -0.2) is 0 Å². The number of hydrogen-bond donors (Lipinski definition) is 1. The van der Waals surface area contributed by atoms with Gasteiger partial charge in [-0.15, -0.1) is 0 Å². The highest BCUT2D eigenvalue weighted by Crippen LogP contribution is 2.32. The van der Waals surface area contributed by atoms with Gasteiger partial charge in [0.05, 0.1) is 0 Å². The van der Waals surface area contributed by atoms with Crippen LogP contribution in [0, 0.1) is 5.92 Å². The van der Waals surface area contributed by atoms with E-state index in [9.17, 15) is 5.11 Å². The summed E-state index contributed by atoms with van der Waals surface area (Å²) in [7, 11) is 0. The third-order valence-electron chi connectivity index (χ3n) is 3.16. The van der Waals surface area contributed by atoms with Crippen LogP contribution in [0.25, 0.3) is 11.0 Å². The fourth-order valence-corrected chi connectivity index (χ4v) is 1.94. The van der Waals surface area contributed by atoms with E-state index in [-0.39, 0.29) is 0 Å². The van der Waals surface area contributed by atoms with Crippen LogP contribution in [0.2, 0.25) is 0 Å². The van der Waals surface area contributed by atoms with Crippen LogP contribution in [-0.2, 0) is 5.60 Å². The molecule has 0 fully saturated rings. The number of rotatable bonds is 4. The Balaban J connectivity index is 2.25. The van der Waals surface area contributed by atoms with Crippen LogP contribution >= 0.6 is 0 Å². The zero-order valence-corrected chi connectivity index (χ0v) is 10.7. The fraction of sp³-hybridized carbons (Fsp3) is 0.467. The first-order valence-electron chi connectivity index (χ1n) is 6.20. The molecule has 0 spiro atoms. The fourth-order valence-electron chi connectivity index (χ4n) is 1.94. The lowest BCUT2D eigenvalue weighted by Crippen LogP contribution is -2.20. The van der Waals surface area contributed by atoms with Gasteiger partial charge < -0.3 is 9.52 Å². The average molecular weight is 232 g/mol. The molecular formula is C15H20O2. The maximum absolute atomic E-state index is 10.4. The number of benzene rings is 1. The molecule has 92 valence electrons. The van der Waals surface area contributed by atoms with Gasteiger partial charge in [0.25, 0.3) is 0 Å². The van der Waals surface area contributed by atoms with E-state index in [0.29, 0.717) is 11.7 Å². The van der Waals surface area contributed by atoms with Crippen molar-refractivity contribution in [1.29, 1.82) is 0 Å². The lowest BCUT2D eigenvalue weighted by molar-refractivity contribution is 0.0217. The van der Waals surface area contributed by atoms with E-state index in [0.717, 1.165) is 23.8 Å². The van der Waals surface area contributed by atoms with Gasteiger partial charge >= 0.3 is 0 Å². The van der Waals surface area contributed by atoms with Gasteiger partial charge in [0.15, 0.2) is 0 Å². The summed E-state index contributed by atoms with van der Waals surface area (Å²) in [5.74, 6) is 1.25. The first-order chi connectivity index (χ1) is 7.99. The highest BCUT2D eigenvalue weighted by molar-refractivity contribution is 5.77. The van der Waals surface area contributed by atoms with Crippen molar-refractivity contribution in [2.45, 2.75) is 39.2 Å². The lowest BCUT2D eigenvalue weighted by atomic mass is 9.93. The minimum atomic E-state index is -0.872. The maximum atomic E-state index is 10.4. The second-order valence-electron chi connectivity index (χ2n) is 5.35. The van der Waals surface area contributed by atoms with E-state index in [1.807, 2.05) is 37.3 Å². The first-order valence-corrected chi connectivity index (χ1v) is 6.20. The molecule has 1 unspecified atom stereocenters. The Morgan fingerprint density at radius 1 is 1.29 bits per heavy atom. The van der Waals surface area contributed by atoms with Crippen LogP contribution in [-0.4, -0.2) is 5.11 Å². The van der Waals surface area contributed by atoms with Gasteiger partial charge in [0, 0.05) is 5.39 Å². The molecule has 2 nitrogen and oxygen atoms in total. The number of para-hydroxylation sites is 1. The predicted molar refractivity (Wildman–Crippen MR) is 69.9 cm³/mol. The second-order valence-corrected chi connectivity index (χ2v) is 5.35. The number of aliphatic hydroxyl groups is 1. The van der Waals surface area contributed by atoms with Crippen molar-refractivity contribution in [1.82, 2.24) is 0 Å². The number of furan rings is 1. The zero-order valence-electron chi connectivity index (χ0n) is 10.7. The topological polar surface area (TPSA) is 33.4 Å². The molecule has 0 aliphatic heterocycles. The van der Waals surface area contributed by atoms with Gasteiger partial charge in [0.1, 0.15) is 16.9 Å². The van der Waals surface area contributed by atoms with Crippen molar-refractivity contribution in [3.63, 3.8) is 0 Å². The van der Waals surface area contributed by atoms with E-state index >= 15 is 0 Å². The molecule has 0 saturated carbocycles. The Bertz CT molecular complexity index is 461. The van der Waals surface area contributed by atoms with Crippen molar-refractivity contribution in [3.05, 3.63) is 36.1 Å². The van der Waals surface area contributed by atoms with Crippen molar-refractivity contribution < 1.29 is 9.52 Å². The number of hydrogen-bond acceptors (Lipinski definition) is 2. The van der Waals surface area contributed by atoms with Crippen LogP contribution in [0.1, 0.15) is 39.4 Å². The Labute approximate surface area is 102 Å². The van der Waals surface area contributed by atoms with Crippen molar-refractivity contribution in [2.24, 2.45) is 5.92 Å². The van der Waals surface area contributed by atoms with Gasteiger partial charge in [-0.2, -0.15) is 0 Å². The lowest BCUT2D eigenvalue weighted by Gasteiger charge is -2.21. The van der Waals surface area contributed by atoms with E-state index in [4.69, 9.17) is 4.42 Å². The molecule has 0 bridgehead atoms. The van der Waals surface area contributed by atoms with Crippen LogP contribution in [0.5, 0.6) is 0 Å². The van der Waals surface area contributed by atoms with Gasteiger partial charge in [-0.05, 0) is 37.8 Å². The van der Waals surface area contributed by atoms with E-state index in [2.05, 4.69) is 13.8 Å². The van der Waals surface area contributed by atoms with Gasteiger partial charge in [-0.3, -0.25) is 0 Å². The highest BCUT2D eigenvalue weighted by Gasteiger charge is 2.27. The van der Waals surface area contributed by atoms with Crippen LogP contribution < -0.4 is 0 Å². The molecule has 0 amide bonds. The molecule has 1 aromatic carbocycles. The normalized spacial score (nSPS) is 15.4. The van der Waals surface area contributed by atoms with Crippen molar-refractivity contribution >= 4 is 11.0 Å². The van der Waals surface area contributed by atoms with E-state index in [1.165, 1.54) is 0 Å². The molecule has 1 aromatic heterocycles. The SMILES string of the molecule is CC(C)CCC(C)(O)c1cc2ccccc2o1. The molecule has 17 heavy (non-hydrogen) atoms. The summed E-state index contributed by atoms with van der Waals surface area (Å²) >= 11 is 0. The summed E-state index contributed by atoms with van der Waals surface area (Å²) < 4.78 is 5.72. The summed E-state index contributed by atoms with van der Waals surface area (Å²) in [5.41, 5.74) is -0.0316. The zero-order chi connectivity index (χ0) is 12.5. The molecule has 1 atom stereocenters. The summed E-state index contributed by atoms with van der Waals surface area (Å²) in [4.78, 5) is 0. The summed E-state index contributed by atoms with van der Waals surface area (Å²) in [6.45, 7) is 6.15. The van der Waals surface area contributed by atoms with Gasteiger partial charge in [0.2, 0.25) is 0 Å². The standard InChI is InChI=1S/C15H20O2/c1-11(2)8-9-15(3,16)14-10-12-6-4-5-7-13(12)17-14/h4-7,10-11,16H,8-9H2,1-3H3. The predicted octanol–water partition coefficient (Wildman–Crippen LogP) is 4.08. The van der Waals surface area contributed by atoms with E-state index < -0.39 is 5.60 Å². The molecule has 1 heterocycles. The maximum Gasteiger partial charge on any atom is 0.136 e. The Morgan fingerprint density at radius 2 is 2.00 bits per heavy atom. The molecule has 0 aliphatic rings. The Hall–Kier alpha value is -1.28. The van der Waals surface area contributed by atoms with E-state index in [1.54, 1.807) is 0 Å². The number of fused-ring (bicyclic) bond motifs is 1. The Morgan fingerprint density at radius 3 is 2.65 bits per heavy atom. The molecule has 0 radical (unpaired) electrons. The minimum Gasteiger partial charge on any atom is -0.458 e. The molecule has 2 aromatic rings. The minimum absolute atomic E-state index is 0.589. The van der Waals surface area contributed by atoms with Crippen LogP contribution in [0.3, 0.4) is 0 Å². The molecule has 2 heteroatoms. The average Bonchev–Trinajstić information content (AvgIpc) is 2.71. The summed E-state index contributed by atoms with van der Waals surface area (Å²) in [6.07, 6.45) is 1.72. The second kappa shape index (κ2) is 4.53. The van der Waals surface area contributed by atoms with Crippen molar-refractivity contribution in [2.75, 3.05) is 0 Å². The van der Waals surface area contributed by atoms with Gasteiger partial charge in [-0.1, -0.05) is 32.0 Å². The highest BCUT2D eigenvalue weighted by atomic mass is 16.4. The van der Waals surface area contributed by atoms with Crippen LogP contribution in [0.4, 0.5) is 0 Å².